The van der Waals surface area contributed by atoms with E-state index < -0.39 is 18.2 Å². The van der Waals surface area contributed by atoms with Gasteiger partial charge in [0.1, 0.15) is 24.2 Å². The summed E-state index contributed by atoms with van der Waals surface area (Å²) in [5, 5.41) is 26.3. The van der Waals surface area contributed by atoms with Crippen LogP contribution in [0.1, 0.15) is 22.3 Å². The fourth-order valence-corrected chi connectivity index (χ4v) is 4.74. The third-order valence-electron chi connectivity index (χ3n) is 5.84. The summed E-state index contributed by atoms with van der Waals surface area (Å²) in [5.41, 5.74) is 1.95. The summed E-state index contributed by atoms with van der Waals surface area (Å²) < 4.78 is 17.5. The number of aliphatic hydroxyl groups is 2. The molecule has 0 bridgehead atoms. The second-order valence-electron chi connectivity index (χ2n) is 8.26. The largest absolute Gasteiger partial charge is 0.497 e. The number of hydrogen-bond acceptors (Lipinski definition) is 8. The maximum Gasteiger partial charge on any atom is 0.247 e. The van der Waals surface area contributed by atoms with E-state index in [1.54, 1.807) is 25.3 Å². The molecule has 3 rings (SSSR count). The number of benzene rings is 2. The highest BCUT2D eigenvalue weighted by molar-refractivity contribution is 14.1. The Morgan fingerprint density at radius 2 is 2.00 bits per heavy atom. The number of nitrogens with one attached hydrogen (secondary N) is 2. The highest BCUT2D eigenvalue weighted by atomic mass is 127. The first kappa shape index (κ1) is 27.9. The van der Waals surface area contributed by atoms with E-state index in [9.17, 15) is 14.7 Å². The maximum absolute atomic E-state index is 12.7. The normalized spacial score (nSPS) is 19.2. The van der Waals surface area contributed by atoms with E-state index in [1.807, 2.05) is 46.9 Å². The van der Waals surface area contributed by atoms with E-state index in [0.717, 1.165) is 17.6 Å². The molecule has 0 saturated carbocycles. The van der Waals surface area contributed by atoms with Crippen molar-refractivity contribution < 1.29 is 34.0 Å². The minimum absolute atomic E-state index is 0.122. The van der Waals surface area contributed by atoms with Crippen molar-refractivity contribution in [3.05, 3.63) is 62.7 Å². The first-order chi connectivity index (χ1) is 17.4. The Morgan fingerprint density at radius 3 is 2.69 bits per heavy atom. The summed E-state index contributed by atoms with van der Waals surface area (Å²) in [4.78, 5) is 24.0. The number of rotatable bonds is 12. The molecule has 1 aliphatic carbocycles. The van der Waals surface area contributed by atoms with Gasteiger partial charge in [-0.3, -0.25) is 9.59 Å². The number of carbonyl (C=O) groups is 2. The molecule has 0 aliphatic heterocycles. The lowest BCUT2D eigenvalue weighted by Crippen LogP contribution is -2.52. The minimum Gasteiger partial charge on any atom is -0.497 e. The van der Waals surface area contributed by atoms with Crippen molar-refractivity contribution in [2.24, 2.45) is 0 Å². The predicted molar refractivity (Wildman–Crippen MR) is 143 cm³/mol. The second-order valence-corrected chi connectivity index (χ2v) is 9.42. The lowest BCUT2D eigenvalue weighted by Gasteiger charge is -2.34. The quantitative estimate of drug-likeness (QED) is 0.212. The number of ether oxygens (including phenoxy) is 3. The number of halogens is 1. The molecular weight excluding hydrogens is 579 g/mol. The van der Waals surface area contributed by atoms with Gasteiger partial charge < -0.3 is 35.1 Å². The number of amides is 1. The molecule has 0 spiro atoms. The van der Waals surface area contributed by atoms with Crippen molar-refractivity contribution in [2.75, 3.05) is 33.9 Å². The van der Waals surface area contributed by atoms with Gasteiger partial charge in [0.2, 0.25) is 5.91 Å². The number of aldehydes is 1. The SMILES string of the molecule is COc1cccc(CCNC2CC(C(=O)NCCO)=CC(Oc3c(I)cc(C=O)cc3OC)C2O)c1. The summed E-state index contributed by atoms with van der Waals surface area (Å²) in [6.07, 6.45) is 1.48. The van der Waals surface area contributed by atoms with Gasteiger partial charge in [-0.05, 0) is 77.9 Å². The van der Waals surface area contributed by atoms with Crippen LogP contribution in [-0.2, 0) is 11.2 Å². The van der Waals surface area contributed by atoms with Crippen LogP contribution in [0, 0.1) is 3.57 Å². The summed E-state index contributed by atoms with van der Waals surface area (Å²) in [5.74, 6) is 1.16. The molecule has 0 radical (unpaired) electrons. The van der Waals surface area contributed by atoms with E-state index >= 15 is 0 Å². The zero-order valence-corrected chi connectivity index (χ0v) is 22.4. The van der Waals surface area contributed by atoms with Crippen LogP contribution in [0.15, 0.2) is 48.0 Å². The molecule has 2 aromatic carbocycles. The molecule has 1 aliphatic rings. The van der Waals surface area contributed by atoms with Gasteiger partial charge in [-0.15, -0.1) is 0 Å². The van der Waals surface area contributed by atoms with Crippen LogP contribution < -0.4 is 24.8 Å². The predicted octanol–water partition coefficient (Wildman–Crippen LogP) is 1.87. The van der Waals surface area contributed by atoms with Gasteiger partial charge in [-0.2, -0.15) is 0 Å². The van der Waals surface area contributed by atoms with Crippen LogP contribution in [0.2, 0.25) is 0 Å². The van der Waals surface area contributed by atoms with Crippen LogP contribution in [0.5, 0.6) is 17.2 Å². The summed E-state index contributed by atoms with van der Waals surface area (Å²) >= 11 is 2.04. The van der Waals surface area contributed by atoms with Crippen molar-refractivity contribution >= 4 is 34.8 Å². The fraction of sp³-hybridized carbons (Fsp3) is 0.385. The Bertz CT molecular complexity index is 1090. The first-order valence-corrected chi connectivity index (χ1v) is 12.6. The van der Waals surface area contributed by atoms with Gasteiger partial charge in [0, 0.05) is 23.7 Å². The average Bonchev–Trinajstić information content (AvgIpc) is 2.89. The summed E-state index contributed by atoms with van der Waals surface area (Å²) in [6, 6.07) is 10.5. The molecule has 3 unspecified atom stereocenters. The lowest BCUT2D eigenvalue weighted by molar-refractivity contribution is -0.118. The Balaban J connectivity index is 1.80. The third-order valence-corrected chi connectivity index (χ3v) is 6.64. The van der Waals surface area contributed by atoms with Crippen LogP contribution in [-0.4, -0.2) is 74.6 Å². The Kier molecular flexibility index (Phi) is 10.5. The highest BCUT2D eigenvalue weighted by Gasteiger charge is 2.36. The molecule has 2 aromatic rings. The van der Waals surface area contributed by atoms with Crippen molar-refractivity contribution in [3.63, 3.8) is 0 Å². The summed E-state index contributed by atoms with van der Waals surface area (Å²) in [7, 11) is 3.09. The Labute approximate surface area is 224 Å². The molecule has 194 valence electrons. The number of carbonyl (C=O) groups excluding carboxylic acids is 2. The Hall–Kier alpha value is -2.67. The molecular formula is C26H31IN2O7. The number of methoxy groups -OCH3 is 2. The van der Waals surface area contributed by atoms with Crippen LogP contribution >= 0.6 is 22.6 Å². The minimum atomic E-state index is -0.962. The van der Waals surface area contributed by atoms with Crippen LogP contribution in [0.4, 0.5) is 0 Å². The molecule has 0 fully saturated rings. The van der Waals surface area contributed by atoms with E-state index in [4.69, 9.17) is 19.3 Å². The number of aliphatic hydroxyl groups excluding tert-OH is 2. The van der Waals surface area contributed by atoms with Crippen molar-refractivity contribution in [1.82, 2.24) is 10.6 Å². The van der Waals surface area contributed by atoms with Crippen LogP contribution in [0.3, 0.4) is 0 Å². The monoisotopic (exact) mass is 610 g/mol. The van der Waals surface area contributed by atoms with E-state index in [0.29, 0.717) is 39.2 Å². The van der Waals surface area contributed by atoms with Crippen molar-refractivity contribution in [2.45, 2.75) is 31.1 Å². The Morgan fingerprint density at radius 1 is 1.19 bits per heavy atom. The molecule has 0 heterocycles. The molecule has 3 atom stereocenters. The van der Waals surface area contributed by atoms with Crippen molar-refractivity contribution in [3.8, 4) is 17.2 Å². The van der Waals surface area contributed by atoms with Gasteiger partial charge in [-0.25, -0.2) is 0 Å². The fourth-order valence-electron chi connectivity index (χ4n) is 3.99. The molecule has 10 heteroatoms. The zero-order valence-electron chi connectivity index (χ0n) is 20.2. The molecule has 0 saturated heterocycles. The van der Waals surface area contributed by atoms with Gasteiger partial charge in [0.15, 0.2) is 11.5 Å². The third kappa shape index (κ3) is 7.19. The molecule has 4 N–H and O–H groups in total. The molecule has 36 heavy (non-hydrogen) atoms. The first-order valence-electron chi connectivity index (χ1n) is 11.5. The molecule has 9 nitrogen and oxygen atoms in total. The standard InChI is InChI=1S/C26H31IN2O7/c1-34-19-5-3-4-16(10-19)6-7-28-21-13-18(26(33)29-8-9-30)14-22(24(21)32)36-25-20(27)11-17(15-31)12-23(25)35-2/h3-5,10-12,14-15,21-22,24,28,30,32H,6-9,13H2,1-2H3,(H,29,33). The van der Waals surface area contributed by atoms with Gasteiger partial charge in [0.25, 0.3) is 0 Å². The second kappa shape index (κ2) is 13.6. The van der Waals surface area contributed by atoms with E-state index in [2.05, 4.69) is 10.6 Å². The average molecular weight is 610 g/mol. The lowest BCUT2D eigenvalue weighted by atomic mass is 9.89. The van der Waals surface area contributed by atoms with Gasteiger partial charge in [0.05, 0.1) is 24.4 Å². The van der Waals surface area contributed by atoms with Crippen molar-refractivity contribution in [1.29, 1.82) is 0 Å². The molecule has 1 amide bonds. The van der Waals surface area contributed by atoms with E-state index in [-0.39, 0.29) is 25.5 Å². The van der Waals surface area contributed by atoms with Crippen LogP contribution in [0.25, 0.3) is 0 Å². The highest BCUT2D eigenvalue weighted by Crippen LogP contribution is 2.36. The smallest absolute Gasteiger partial charge is 0.247 e. The topological polar surface area (TPSA) is 126 Å². The van der Waals surface area contributed by atoms with Gasteiger partial charge >= 0.3 is 0 Å². The molecule has 0 aromatic heterocycles. The zero-order chi connectivity index (χ0) is 26.1. The van der Waals surface area contributed by atoms with E-state index in [1.165, 1.54) is 7.11 Å². The number of hydrogen-bond donors (Lipinski definition) is 4. The summed E-state index contributed by atoms with van der Waals surface area (Å²) in [6.45, 7) is 0.501. The maximum atomic E-state index is 12.7. The van der Waals surface area contributed by atoms with Gasteiger partial charge in [-0.1, -0.05) is 12.1 Å².